The molecule has 0 saturated heterocycles. The minimum Gasteiger partial charge on any atom is -0.493 e. The summed E-state index contributed by atoms with van der Waals surface area (Å²) in [6.07, 6.45) is 0. The maximum atomic E-state index is 12.3. The molecule has 0 atom stereocenters. The number of nitrogens with zero attached hydrogens (tertiary/aromatic N) is 1. The second kappa shape index (κ2) is 5.64. The molecule has 0 aliphatic heterocycles. The Morgan fingerprint density at radius 3 is 2.80 bits per heavy atom. The van der Waals surface area contributed by atoms with Crippen LogP contribution in [0, 0.1) is 13.8 Å². The van der Waals surface area contributed by atoms with Crippen LogP contribution in [0.1, 0.15) is 28.5 Å². The van der Waals surface area contributed by atoms with Crippen molar-refractivity contribution in [1.82, 2.24) is 5.16 Å². The van der Waals surface area contributed by atoms with Crippen LogP contribution in [0.4, 0.5) is 11.6 Å². The van der Waals surface area contributed by atoms with Gasteiger partial charge in [-0.25, -0.2) is 0 Å². The normalized spacial score (nSPS) is 10.3. The monoisotopic (exact) mass is 275 g/mol. The van der Waals surface area contributed by atoms with Crippen molar-refractivity contribution in [3.63, 3.8) is 0 Å². The number of hydrogen-bond donors (Lipinski definition) is 2. The Kier molecular flexibility index (Phi) is 3.93. The van der Waals surface area contributed by atoms with Crippen LogP contribution in [-0.4, -0.2) is 17.7 Å². The fraction of sp³-hybridized carbons (Fsp3) is 0.286. The quantitative estimate of drug-likeness (QED) is 0.837. The van der Waals surface area contributed by atoms with Gasteiger partial charge in [-0.15, -0.1) is 0 Å². The summed E-state index contributed by atoms with van der Waals surface area (Å²) >= 11 is 0. The molecule has 0 unspecified atom stereocenters. The van der Waals surface area contributed by atoms with Crippen molar-refractivity contribution in [1.29, 1.82) is 0 Å². The number of aryl methyl sites for hydroxylation is 1. The number of anilines is 2. The average molecular weight is 275 g/mol. The van der Waals surface area contributed by atoms with E-state index in [4.69, 9.17) is 15.0 Å². The molecular formula is C14H17N3O3. The van der Waals surface area contributed by atoms with Crippen molar-refractivity contribution < 1.29 is 14.1 Å². The van der Waals surface area contributed by atoms with E-state index in [0.717, 1.165) is 11.3 Å². The van der Waals surface area contributed by atoms with Crippen LogP contribution in [0.15, 0.2) is 22.7 Å². The first-order valence-electron chi connectivity index (χ1n) is 6.30. The van der Waals surface area contributed by atoms with Crippen molar-refractivity contribution >= 4 is 17.5 Å². The molecule has 6 nitrogen and oxygen atoms in total. The molecular weight excluding hydrogens is 258 g/mol. The molecule has 0 aliphatic rings. The third-order valence-corrected chi connectivity index (χ3v) is 2.97. The lowest BCUT2D eigenvalue weighted by Crippen LogP contribution is -2.16. The Hall–Kier alpha value is -2.50. The van der Waals surface area contributed by atoms with Gasteiger partial charge in [-0.3, -0.25) is 10.1 Å². The van der Waals surface area contributed by atoms with E-state index in [9.17, 15) is 4.79 Å². The number of benzene rings is 1. The van der Waals surface area contributed by atoms with Gasteiger partial charge in [0.25, 0.3) is 5.91 Å². The third kappa shape index (κ3) is 2.59. The maximum Gasteiger partial charge on any atom is 0.263 e. The van der Waals surface area contributed by atoms with E-state index in [2.05, 4.69) is 10.5 Å². The molecule has 0 radical (unpaired) electrons. The van der Waals surface area contributed by atoms with Crippen molar-refractivity contribution in [3.05, 3.63) is 35.0 Å². The summed E-state index contributed by atoms with van der Waals surface area (Å²) in [4.78, 5) is 12.3. The zero-order valence-corrected chi connectivity index (χ0v) is 11.7. The highest BCUT2D eigenvalue weighted by Crippen LogP contribution is 2.26. The van der Waals surface area contributed by atoms with Gasteiger partial charge in [-0.2, -0.15) is 0 Å². The van der Waals surface area contributed by atoms with E-state index in [1.807, 2.05) is 13.8 Å². The zero-order valence-electron chi connectivity index (χ0n) is 11.7. The van der Waals surface area contributed by atoms with Gasteiger partial charge in [0.1, 0.15) is 11.3 Å². The molecule has 0 saturated carbocycles. The maximum absolute atomic E-state index is 12.3. The molecule has 1 aromatic carbocycles. The summed E-state index contributed by atoms with van der Waals surface area (Å²) < 4.78 is 10.5. The van der Waals surface area contributed by atoms with E-state index in [0.29, 0.717) is 29.5 Å². The highest BCUT2D eigenvalue weighted by atomic mass is 16.5. The molecule has 106 valence electrons. The summed E-state index contributed by atoms with van der Waals surface area (Å²) in [5, 5.41) is 6.45. The third-order valence-electron chi connectivity index (χ3n) is 2.97. The first-order valence-corrected chi connectivity index (χ1v) is 6.30. The molecule has 2 rings (SSSR count). The van der Waals surface area contributed by atoms with Gasteiger partial charge in [0, 0.05) is 11.3 Å². The Labute approximate surface area is 116 Å². The molecule has 2 aromatic rings. The number of rotatable bonds is 4. The molecule has 20 heavy (non-hydrogen) atoms. The van der Waals surface area contributed by atoms with Crippen LogP contribution < -0.4 is 15.8 Å². The van der Waals surface area contributed by atoms with Crippen LogP contribution in [0.3, 0.4) is 0 Å². The molecule has 1 aromatic heterocycles. The standard InChI is InChI=1S/C14H17N3O3/c1-4-19-11-7-5-6-10(15)12(11)13(18)16-14-8(2)9(3)17-20-14/h5-7H,4,15H2,1-3H3,(H,16,18). The smallest absolute Gasteiger partial charge is 0.263 e. The van der Waals surface area contributed by atoms with Crippen molar-refractivity contribution in [2.75, 3.05) is 17.7 Å². The second-order valence-electron chi connectivity index (χ2n) is 4.33. The second-order valence-corrected chi connectivity index (χ2v) is 4.33. The Morgan fingerprint density at radius 1 is 1.45 bits per heavy atom. The number of hydrogen-bond acceptors (Lipinski definition) is 5. The molecule has 1 amide bonds. The molecule has 0 bridgehead atoms. The van der Waals surface area contributed by atoms with Crippen molar-refractivity contribution in [2.45, 2.75) is 20.8 Å². The van der Waals surface area contributed by atoms with Gasteiger partial charge >= 0.3 is 0 Å². The summed E-state index contributed by atoms with van der Waals surface area (Å²) in [7, 11) is 0. The summed E-state index contributed by atoms with van der Waals surface area (Å²) in [5.41, 5.74) is 8.02. The van der Waals surface area contributed by atoms with Crippen LogP contribution in [0.25, 0.3) is 0 Å². The number of nitrogen functional groups attached to an aromatic ring is 1. The number of ether oxygens (including phenoxy) is 1. The average Bonchev–Trinajstić information content (AvgIpc) is 2.71. The van der Waals surface area contributed by atoms with E-state index < -0.39 is 0 Å². The highest BCUT2D eigenvalue weighted by Gasteiger charge is 2.19. The number of carbonyl (C=O) groups is 1. The van der Waals surface area contributed by atoms with Gasteiger partial charge < -0.3 is 15.0 Å². The molecule has 1 heterocycles. The first kappa shape index (κ1) is 13.9. The van der Waals surface area contributed by atoms with Gasteiger partial charge in [-0.1, -0.05) is 11.2 Å². The molecule has 6 heteroatoms. The highest BCUT2D eigenvalue weighted by molar-refractivity contribution is 6.09. The molecule has 3 N–H and O–H groups in total. The van der Waals surface area contributed by atoms with Gasteiger partial charge in [0.15, 0.2) is 0 Å². The number of amides is 1. The SMILES string of the molecule is CCOc1cccc(N)c1C(=O)Nc1onc(C)c1C. The number of nitrogens with one attached hydrogen (secondary N) is 1. The van der Waals surface area contributed by atoms with Crippen LogP contribution in [0.2, 0.25) is 0 Å². The topological polar surface area (TPSA) is 90.4 Å². The molecule has 0 fully saturated rings. The fourth-order valence-electron chi connectivity index (χ4n) is 1.76. The predicted octanol–water partition coefficient (Wildman–Crippen LogP) is 2.52. The number of carbonyl (C=O) groups excluding carboxylic acids is 1. The largest absolute Gasteiger partial charge is 0.493 e. The van der Waals surface area contributed by atoms with E-state index in [1.54, 1.807) is 25.1 Å². The Bertz CT molecular complexity index is 635. The first-order chi connectivity index (χ1) is 9.54. The molecule has 0 aliphatic carbocycles. The summed E-state index contributed by atoms with van der Waals surface area (Å²) in [6.45, 7) is 5.91. The lowest BCUT2D eigenvalue weighted by Gasteiger charge is -2.11. The van der Waals surface area contributed by atoms with Crippen molar-refractivity contribution in [2.24, 2.45) is 0 Å². The lowest BCUT2D eigenvalue weighted by atomic mass is 10.1. The zero-order chi connectivity index (χ0) is 14.7. The van der Waals surface area contributed by atoms with Gasteiger partial charge in [0.05, 0.1) is 12.3 Å². The Balaban J connectivity index is 2.31. The minimum atomic E-state index is -0.384. The molecule has 0 spiro atoms. The van der Waals surface area contributed by atoms with E-state index in [-0.39, 0.29) is 5.91 Å². The summed E-state index contributed by atoms with van der Waals surface area (Å²) in [5.74, 6) is 0.378. The van der Waals surface area contributed by atoms with Crippen molar-refractivity contribution in [3.8, 4) is 5.75 Å². The van der Waals surface area contributed by atoms with Gasteiger partial charge in [-0.05, 0) is 32.9 Å². The van der Waals surface area contributed by atoms with Crippen LogP contribution in [0.5, 0.6) is 5.75 Å². The minimum absolute atomic E-state index is 0.294. The van der Waals surface area contributed by atoms with Gasteiger partial charge in [0.2, 0.25) is 5.88 Å². The predicted molar refractivity (Wildman–Crippen MR) is 76.0 cm³/mol. The van der Waals surface area contributed by atoms with Crippen LogP contribution in [-0.2, 0) is 0 Å². The van der Waals surface area contributed by atoms with E-state index in [1.165, 1.54) is 0 Å². The summed E-state index contributed by atoms with van der Waals surface area (Å²) in [6, 6.07) is 5.09. The van der Waals surface area contributed by atoms with E-state index >= 15 is 0 Å². The Morgan fingerprint density at radius 2 is 2.20 bits per heavy atom. The van der Waals surface area contributed by atoms with Crippen LogP contribution >= 0.6 is 0 Å². The number of aromatic nitrogens is 1. The number of nitrogens with two attached hydrogens (primary N) is 1. The lowest BCUT2D eigenvalue weighted by molar-refractivity contribution is 0.102. The fourth-order valence-corrected chi connectivity index (χ4v) is 1.76.